The first-order valence-corrected chi connectivity index (χ1v) is 5.24. The second-order valence-corrected chi connectivity index (χ2v) is 4.50. The van der Waals surface area contributed by atoms with Crippen LogP contribution in [0.15, 0.2) is 18.2 Å². The number of hydrogen-bond donors (Lipinski definition) is 1. The minimum atomic E-state index is -0.754. The molecule has 4 heteroatoms. The highest BCUT2D eigenvalue weighted by Crippen LogP contribution is 2.28. The van der Waals surface area contributed by atoms with E-state index in [1.54, 1.807) is 24.0 Å². The summed E-state index contributed by atoms with van der Waals surface area (Å²) < 4.78 is 13.7. The van der Waals surface area contributed by atoms with E-state index in [1.165, 1.54) is 6.07 Å². The van der Waals surface area contributed by atoms with Crippen LogP contribution in [0.5, 0.6) is 0 Å². The monoisotopic (exact) mass is 223 g/mol. The van der Waals surface area contributed by atoms with Gasteiger partial charge < -0.3 is 10.0 Å². The SMILES string of the molecule is CC1(O)CCN(c2ccc(C=O)cc2F)C1. The maximum atomic E-state index is 13.7. The van der Waals surface area contributed by atoms with Crippen LogP contribution in [0.25, 0.3) is 0 Å². The number of carbonyl (C=O) groups excluding carboxylic acids is 1. The summed E-state index contributed by atoms with van der Waals surface area (Å²) in [7, 11) is 0. The summed E-state index contributed by atoms with van der Waals surface area (Å²) in [6, 6.07) is 4.38. The minimum absolute atomic E-state index is 0.326. The molecule has 1 aromatic rings. The van der Waals surface area contributed by atoms with Gasteiger partial charge in [0.2, 0.25) is 0 Å². The van der Waals surface area contributed by atoms with Crippen LogP contribution in [0, 0.1) is 5.82 Å². The molecule has 1 aliphatic rings. The topological polar surface area (TPSA) is 40.5 Å². The lowest BCUT2D eigenvalue weighted by Crippen LogP contribution is -2.30. The average molecular weight is 223 g/mol. The summed E-state index contributed by atoms with van der Waals surface area (Å²) in [6.45, 7) is 2.79. The number of β-amino-alcohol motifs (C(OH)–C–C–N with tert-alkyl or cyclic N) is 1. The molecule has 2 rings (SSSR count). The van der Waals surface area contributed by atoms with Gasteiger partial charge in [0, 0.05) is 18.7 Å². The fourth-order valence-corrected chi connectivity index (χ4v) is 2.00. The largest absolute Gasteiger partial charge is 0.388 e. The highest BCUT2D eigenvalue weighted by Gasteiger charge is 2.32. The fourth-order valence-electron chi connectivity index (χ4n) is 2.00. The van der Waals surface area contributed by atoms with Gasteiger partial charge in [-0.3, -0.25) is 4.79 Å². The number of rotatable bonds is 2. The Labute approximate surface area is 93.5 Å². The second-order valence-electron chi connectivity index (χ2n) is 4.50. The average Bonchev–Trinajstić information content (AvgIpc) is 2.58. The van der Waals surface area contributed by atoms with E-state index in [0.717, 1.165) is 0 Å². The quantitative estimate of drug-likeness (QED) is 0.774. The number of hydrogen-bond acceptors (Lipinski definition) is 3. The molecule has 1 aromatic carbocycles. The first-order chi connectivity index (χ1) is 7.52. The molecule has 0 bridgehead atoms. The van der Waals surface area contributed by atoms with Gasteiger partial charge in [-0.2, -0.15) is 0 Å². The van der Waals surface area contributed by atoms with Crippen LogP contribution in [-0.2, 0) is 0 Å². The van der Waals surface area contributed by atoms with E-state index in [9.17, 15) is 14.3 Å². The van der Waals surface area contributed by atoms with E-state index in [2.05, 4.69) is 0 Å². The third-order valence-corrected chi connectivity index (χ3v) is 2.90. The highest BCUT2D eigenvalue weighted by atomic mass is 19.1. The lowest BCUT2D eigenvalue weighted by atomic mass is 10.1. The fraction of sp³-hybridized carbons (Fsp3) is 0.417. The number of benzene rings is 1. The van der Waals surface area contributed by atoms with Gasteiger partial charge in [0.05, 0.1) is 11.3 Å². The molecular weight excluding hydrogens is 209 g/mol. The zero-order chi connectivity index (χ0) is 11.8. The van der Waals surface area contributed by atoms with Crippen molar-refractivity contribution in [3.63, 3.8) is 0 Å². The Bertz CT molecular complexity index is 417. The van der Waals surface area contributed by atoms with Gasteiger partial charge in [0.25, 0.3) is 0 Å². The zero-order valence-corrected chi connectivity index (χ0v) is 9.11. The third kappa shape index (κ3) is 2.07. The van der Waals surface area contributed by atoms with Gasteiger partial charge >= 0.3 is 0 Å². The maximum absolute atomic E-state index is 13.7. The molecule has 0 aliphatic carbocycles. The summed E-state index contributed by atoms with van der Waals surface area (Å²) in [5.41, 5.74) is 0.0195. The molecule has 1 saturated heterocycles. The van der Waals surface area contributed by atoms with Crippen molar-refractivity contribution in [2.45, 2.75) is 18.9 Å². The van der Waals surface area contributed by atoms with Crippen molar-refractivity contribution >= 4 is 12.0 Å². The first kappa shape index (κ1) is 11.1. The van der Waals surface area contributed by atoms with Crippen molar-refractivity contribution in [3.05, 3.63) is 29.6 Å². The van der Waals surface area contributed by atoms with Gasteiger partial charge in [-0.1, -0.05) is 0 Å². The molecule has 1 unspecified atom stereocenters. The Morgan fingerprint density at radius 2 is 2.31 bits per heavy atom. The van der Waals surface area contributed by atoms with E-state index in [1.807, 2.05) is 0 Å². The summed E-state index contributed by atoms with van der Waals surface area (Å²) in [5.74, 6) is -0.415. The lowest BCUT2D eigenvalue weighted by molar-refractivity contribution is 0.0839. The normalized spacial score (nSPS) is 24.8. The number of halogens is 1. The molecule has 0 aromatic heterocycles. The standard InChI is InChI=1S/C12H14FNO2/c1-12(16)4-5-14(8-12)11-3-2-9(7-15)6-10(11)13/h2-3,6-7,16H,4-5,8H2,1H3. The molecule has 1 atom stereocenters. The van der Waals surface area contributed by atoms with Gasteiger partial charge in [-0.15, -0.1) is 0 Å². The van der Waals surface area contributed by atoms with E-state index >= 15 is 0 Å². The van der Waals surface area contributed by atoms with Crippen LogP contribution in [0.2, 0.25) is 0 Å². The molecule has 0 amide bonds. The molecule has 86 valence electrons. The van der Waals surface area contributed by atoms with Crippen molar-refractivity contribution in [2.24, 2.45) is 0 Å². The number of aldehydes is 1. The van der Waals surface area contributed by atoms with Crippen LogP contribution in [0.1, 0.15) is 23.7 Å². The molecule has 1 heterocycles. The lowest BCUT2D eigenvalue weighted by Gasteiger charge is -2.21. The van der Waals surface area contributed by atoms with Crippen molar-refractivity contribution in [3.8, 4) is 0 Å². The van der Waals surface area contributed by atoms with E-state index in [4.69, 9.17) is 0 Å². The van der Waals surface area contributed by atoms with Gasteiger partial charge in [0.15, 0.2) is 0 Å². The van der Waals surface area contributed by atoms with Gasteiger partial charge in [-0.05, 0) is 31.5 Å². The Morgan fingerprint density at radius 3 is 2.81 bits per heavy atom. The second kappa shape index (κ2) is 3.87. The van der Waals surface area contributed by atoms with Gasteiger partial charge in [-0.25, -0.2) is 4.39 Å². The van der Waals surface area contributed by atoms with Crippen molar-refractivity contribution in [1.82, 2.24) is 0 Å². The predicted octanol–water partition coefficient (Wildman–Crippen LogP) is 1.60. The highest BCUT2D eigenvalue weighted by molar-refractivity contribution is 5.76. The Morgan fingerprint density at radius 1 is 1.56 bits per heavy atom. The Balaban J connectivity index is 2.25. The number of carbonyl (C=O) groups is 1. The summed E-state index contributed by atoms with van der Waals surface area (Å²) >= 11 is 0. The predicted molar refractivity (Wildman–Crippen MR) is 59.2 cm³/mol. The third-order valence-electron chi connectivity index (χ3n) is 2.90. The van der Waals surface area contributed by atoms with Gasteiger partial charge in [0.1, 0.15) is 12.1 Å². The van der Waals surface area contributed by atoms with Crippen LogP contribution < -0.4 is 4.90 Å². The molecule has 3 nitrogen and oxygen atoms in total. The molecule has 1 aliphatic heterocycles. The zero-order valence-electron chi connectivity index (χ0n) is 9.11. The van der Waals surface area contributed by atoms with Crippen molar-refractivity contribution < 1.29 is 14.3 Å². The van der Waals surface area contributed by atoms with Crippen molar-refractivity contribution in [2.75, 3.05) is 18.0 Å². The summed E-state index contributed by atoms with van der Waals surface area (Å²) in [4.78, 5) is 12.3. The molecule has 16 heavy (non-hydrogen) atoms. The molecule has 0 saturated carbocycles. The van der Waals surface area contributed by atoms with E-state index in [-0.39, 0.29) is 0 Å². The molecule has 0 radical (unpaired) electrons. The van der Waals surface area contributed by atoms with E-state index < -0.39 is 11.4 Å². The Hall–Kier alpha value is -1.42. The maximum Gasteiger partial charge on any atom is 0.150 e. The first-order valence-electron chi connectivity index (χ1n) is 5.24. The number of anilines is 1. The molecule has 1 fully saturated rings. The molecule has 1 N–H and O–H groups in total. The van der Waals surface area contributed by atoms with E-state index in [0.29, 0.717) is 37.0 Å². The summed E-state index contributed by atoms with van der Waals surface area (Å²) in [6.07, 6.45) is 1.24. The van der Waals surface area contributed by atoms with Crippen LogP contribution in [0.4, 0.5) is 10.1 Å². The van der Waals surface area contributed by atoms with Crippen LogP contribution >= 0.6 is 0 Å². The van der Waals surface area contributed by atoms with Crippen molar-refractivity contribution in [1.29, 1.82) is 0 Å². The number of nitrogens with zero attached hydrogens (tertiary/aromatic N) is 1. The molecular formula is C12H14FNO2. The van der Waals surface area contributed by atoms with Crippen LogP contribution in [-0.4, -0.2) is 30.1 Å². The number of aliphatic hydroxyl groups is 1. The summed E-state index contributed by atoms with van der Waals surface area (Å²) in [5, 5.41) is 9.80. The minimum Gasteiger partial charge on any atom is -0.388 e. The molecule has 0 spiro atoms. The van der Waals surface area contributed by atoms with Crippen LogP contribution in [0.3, 0.4) is 0 Å². The smallest absolute Gasteiger partial charge is 0.150 e. The Kier molecular flexibility index (Phi) is 2.68.